The van der Waals surface area contributed by atoms with Crippen molar-refractivity contribution in [3.63, 3.8) is 0 Å². The SMILES string of the molecule is CN(Cc1ccc(CNC2CC2)cn1)CC1CCOCC1. The van der Waals surface area contributed by atoms with Gasteiger partial charge in [0.25, 0.3) is 0 Å². The predicted molar refractivity (Wildman–Crippen MR) is 84.0 cm³/mol. The van der Waals surface area contributed by atoms with E-state index in [1.807, 2.05) is 6.20 Å². The van der Waals surface area contributed by atoms with E-state index < -0.39 is 0 Å². The van der Waals surface area contributed by atoms with Gasteiger partial charge in [0.2, 0.25) is 0 Å². The van der Waals surface area contributed by atoms with Gasteiger partial charge < -0.3 is 15.0 Å². The van der Waals surface area contributed by atoms with Crippen LogP contribution >= 0.6 is 0 Å². The van der Waals surface area contributed by atoms with Crippen LogP contribution in [-0.4, -0.2) is 42.7 Å². The minimum Gasteiger partial charge on any atom is -0.381 e. The molecule has 2 aliphatic rings. The molecule has 4 nitrogen and oxygen atoms in total. The Kier molecular flexibility index (Phi) is 5.22. The molecule has 0 atom stereocenters. The first kappa shape index (κ1) is 14.9. The van der Waals surface area contributed by atoms with Crippen LogP contribution in [0.2, 0.25) is 0 Å². The molecule has 0 radical (unpaired) electrons. The third-order valence-corrected chi connectivity index (χ3v) is 4.40. The lowest BCUT2D eigenvalue weighted by Gasteiger charge is -2.26. The molecule has 0 aromatic carbocycles. The molecular formula is C17H27N3O. The number of hydrogen-bond donors (Lipinski definition) is 1. The topological polar surface area (TPSA) is 37.4 Å². The highest BCUT2D eigenvalue weighted by molar-refractivity contribution is 5.14. The molecule has 0 amide bonds. The van der Waals surface area contributed by atoms with Gasteiger partial charge in [0, 0.05) is 45.1 Å². The summed E-state index contributed by atoms with van der Waals surface area (Å²) in [5, 5.41) is 3.53. The lowest BCUT2D eigenvalue weighted by atomic mass is 10.00. The van der Waals surface area contributed by atoms with E-state index in [9.17, 15) is 0 Å². The fourth-order valence-electron chi connectivity index (χ4n) is 2.91. The van der Waals surface area contributed by atoms with Crippen molar-refractivity contribution in [1.29, 1.82) is 0 Å². The van der Waals surface area contributed by atoms with Crippen molar-refractivity contribution >= 4 is 0 Å². The van der Waals surface area contributed by atoms with Crippen LogP contribution in [0.4, 0.5) is 0 Å². The van der Waals surface area contributed by atoms with Crippen molar-refractivity contribution in [3.8, 4) is 0 Å². The van der Waals surface area contributed by atoms with Gasteiger partial charge in [-0.25, -0.2) is 0 Å². The number of nitrogens with zero attached hydrogens (tertiary/aromatic N) is 2. The normalized spacial score (nSPS) is 20.1. The minimum absolute atomic E-state index is 0.760. The number of rotatable bonds is 7. The van der Waals surface area contributed by atoms with Crippen LogP contribution in [0.1, 0.15) is 36.9 Å². The number of ether oxygens (including phenoxy) is 1. The summed E-state index contributed by atoms with van der Waals surface area (Å²) in [7, 11) is 2.19. The molecule has 1 N–H and O–H groups in total. The minimum atomic E-state index is 0.760. The van der Waals surface area contributed by atoms with Crippen LogP contribution in [0.25, 0.3) is 0 Å². The Hall–Kier alpha value is -0.970. The quantitative estimate of drug-likeness (QED) is 0.835. The Balaban J connectivity index is 1.42. The van der Waals surface area contributed by atoms with E-state index in [1.165, 1.54) is 36.9 Å². The van der Waals surface area contributed by atoms with E-state index in [0.717, 1.165) is 44.8 Å². The van der Waals surface area contributed by atoms with Gasteiger partial charge in [0.05, 0.1) is 5.69 Å². The first-order chi connectivity index (χ1) is 10.3. The number of pyridine rings is 1. The molecule has 0 spiro atoms. The summed E-state index contributed by atoms with van der Waals surface area (Å²) in [6.07, 6.45) is 7.09. The van der Waals surface area contributed by atoms with E-state index in [4.69, 9.17) is 4.74 Å². The van der Waals surface area contributed by atoms with Crippen molar-refractivity contribution in [1.82, 2.24) is 15.2 Å². The van der Waals surface area contributed by atoms with Crippen LogP contribution in [0.15, 0.2) is 18.3 Å². The summed E-state index contributed by atoms with van der Waals surface area (Å²) in [6, 6.07) is 5.14. The van der Waals surface area contributed by atoms with Crippen molar-refractivity contribution in [3.05, 3.63) is 29.6 Å². The van der Waals surface area contributed by atoms with Crippen molar-refractivity contribution < 1.29 is 4.74 Å². The standard InChI is InChI=1S/C17H27N3O/c1-20(12-14-6-8-21-9-7-14)13-17-3-2-15(11-19-17)10-18-16-4-5-16/h2-3,11,14,16,18H,4-10,12-13H2,1H3. The smallest absolute Gasteiger partial charge is 0.0544 e. The van der Waals surface area contributed by atoms with Crippen LogP contribution < -0.4 is 5.32 Å². The lowest BCUT2D eigenvalue weighted by Crippen LogP contribution is -2.29. The zero-order chi connectivity index (χ0) is 14.5. The Morgan fingerprint density at radius 1 is 1.24 bits per heavy atom. The van der Waals surface area contributed by atoms with Crippen LogP contribution in [0, 0.1) is 5.92 Å². The third kappa shape index (κ3) is 5.06. The van der Waals surface area contributed by atoms with Gasteiger partial charge in [-0.3, -0.25) is 4.98 Å². The summed E-state index contributed by atoms with van der Waals surface area (Å²) in [5.41, 5.74) is 2.46. The van der Waals surface area contributed by atoms with Crippen LogP contribution in [0.5, 0.6) is 0 Å². The number of nitrogens with one attached hydrogen (secondary N) is 1. The molecule has 1 aromatic rings. The first-order valence-corrected chi connectivity index (χ1v) is 8.23. The molecule has 1 saturated heterocycles. The van der Waals surface area contributed by atoms with E-state index in [1.54, 1.807) is 0 Å². The highest BCUT2D eigenvalue weighted by Crippen LogP contribution is 2.19. The van der Waals surface area contributed by atoms with Gasteiger partial charge >= 0.3 is 0 Å². The predicted octanol–water partition coefficient (Wildman–Crippen LogP) is 2.19. The lowest BCUT2D eigenvalue weighted by molar-refractivity contribution is 0.0548. The van der Waals surface area contributed by atoms with Gasteiger partial charge in [-0.1, -0.05) is 6.07 Å². The monoisotopic (exact) mass is 289 g/mol. The second kappa shape index (κ2) is 7.34. The summed E-state index contributed by atoms with van der Waals surface area (Å²) in [4.78, 5) is 6.99. The van der Waals surface area contributed by atoms with Crippen molar-refractivity contribution in [2.75, 3.05) is 26.8 Å². The summed E-state index contributed by atoms with van der Waals surface area (Å²) >= 11 is 0. The Morgan fingerprint density at radius 3 is 2.71 bits per heavy atom. The van der Waals surface area contributed by atoms with Crippen molar-refractivity contribution in [2.45, 2.75) is 44.8 Å². The molecule has 2 heterocycles. The largest absolute Gasteiger partial charge is 0.381 e. The molecule has 1 aliphatic carbocycles. The Morgan fingerprint density at radius 2 is 2.05 bits per heavy atom. The van der Waals surface area contributed by atoms with E-state index >= 15 is 0 Å². The van der Waals surface area contributed by atoms with Crippen LogP contribution in [-0.2, 0) is 17.8 Å². The summed E-state index contributed by atoms with van der Waals surface area (Å²) < 4.78 is 5.42. The highest BCUT2D eigenvalue weighted by Gasteiger charge is 2.20. The van der Waals surface area contributed by atoms with E-state index in [-0.39, 0.29) is 0 Å². The maximum atomic E-state index is 5.42. The first-order valence-electron chi connectivity index (χ1n) is 8.23. The zero-order valence-corrected chi connectivity index (χ0v) is 13.1. The van der Waals surface area contributed by atoms with E-state index in [2.05, 4.69) is 34.4 Å². The van der Waals surface area contributed by atoms with Gasteiger partial charge in [-0.15, -0.1) is 0 Å². The maximum absolute atomic E-state index is 5.42. The van der Waals surface area contributed by atoms with Gasteiger partial charge in [0.15, 0.2) is 0 Å². The molecular weight excluding hydrogens is 262 g/mol. The molecule has 21 heavy (non-hydrogen) atoms. The molecule has 1 saturated carbocycles. The van der Waals surface area contributed by atoms with E-state index in [0.29, 0.717) is 0 Å². The maximum Gasteiger partial charge on any atom is 0.0544 e. The second-order valence-electron chi connectivity index (χ2n) is 6.57. The molecule has 3 rings (SSSR count). The van der Waals surface area contributed by atoms with Crippen molar-refractivity contribution in [2.24, 2.45) is 5.92 Å². The molecule has 116 valence electrons. The van der Waals surface area contributed by atoms with Gasteiger partial charge in [-0.2, -0.15) is 0 Å². The Bertz CT molecular complexity index is 424. The molecule has 2 fully saturated rings. The fourth-order valence-corrected chi connectivity index (χ4v) is 2.91. The zero-order valence-electron chi connectivity index (χ0n) is 13.1. The average Bonchev–Trinajstić information content (AvgIpc) is 3.32. The van der Waals surface area contributed by atoms with Gasteiger partial charge in [-0.05, 0) is 50.3 Å². The van der Waals surface area contributed by atoms with Gasteiger partial charge in [0.1, 0.15) is 0 Å². The summed E-state index contributed by atoms with van der Waals surface area (Å²) in [5.74, 6) is 0.783. The fraction of sp³-hybridized carbons (Fsp3) is 0.706. The molecule has 1 aromatic heterocycles. The number of hydrogen-bond acceptors (Lipinski definition) is 4. The Labute approximate surface area is 127 Å². The second-order valence-corrected chi connectivity index (χ2v) is 6.57. The average molecular weight is 289 g/mol. The third-order valence-electron chi connectivity index (χ3n) is 4.40. The summed E-state index contributed by atoms with van der Waals surface area (Å²) in [6.45, 7) is 4.90. The molecule has 0 unspecified atom stereocenters. The highest BCUT2D eigenvalue weighted by atomic mass is 16.5. The molecule has 0 bridgehead atoms. The molecule has 4 heteroatoms. The molecule has 1 aliphatic heterocycles. The van der Waals surface area contributed by atoms with Crippen LogP contribution in [0.3, 0.4) is 0 Å². The number of aromatic nitrogens is 1.